The van der Waals surface area contributed by atoms with Crippen molar-refractivity contribution < 1.29 is 13.9 Å². The number of carbonyl (C=O) groups excluding carboxylic acids is 1. The zero-order valence-corrected chi connectivity index (χ0v) is 20.1. The summed E-state index contributed by atoms with van der Waals surface area (Å²) in [6.07, 6.45) is 4.13. The zero-order valence-electron chi connectivity index (χ0n) is 20.1. The third kappa shape index (κ3) is 4.43. The molecule has 1 N–H and O–H groups in total. The van der Waals surface area contributed by atoms with E-state index in [4.69, 9.17) is 4.74 Å². The summed E-state index contributed by atoms with van der Waals surface area (Å²) >= 11 is 0. The van der Waals surface area contributed by atoms with E-state index in [1.807, 2.05) is 29.2 Å². The van der Waals surface area contributed by atoms with E-state index in [2.05, 4.69) is 22.9 Å². The number of fused-ring (bicyclic) bond motifs is 3. The Hall–Kier alpha value is -2.86. The van der Waals surface area contributed by atoms with Crippen molar-refractivity contribution in [3.05, 3.63) is 65.1 Å². The maximum absolute atomic E-state index is 14.4. The Bertz CT molecular complexity index is 1170. The van der Waals surface area contributed by atoms with Gasteiger partial charge in [0.1, 0.15) is 11.6 Å². The zero-order chi connectivity index (χ0) is 23.7. The van der Waals surface area contributed by atoms with Gasteiger partial charge in [-0.25, -0.2) is 4.39 Å². The molecule has 1 fully saturated rings. The van der Waals surface area contributed by atoms with Crippen LogP contribution in [0.15, 0.2) is 42.5 Å². The Morgan fingerprint density at radius 2 is 2.06 bits per heavy atom. The van der Waals surface area contributed by atoms with Crippen molar-refractivity contribution >= 4 is 16.8 Å². The lowest BCUT2D eigenvalue weighted by molar-refractivity contribution is -0.138. The lowest BCUT2D eigenvalue weighted by atomic mass is 9.84. The number of benzene rings is 2. The van der Waals surface area contributed by atoms with Crippen LogP contribution in [-0.2, 0) is 17.9 Å². The normalized spacial score (nSPS) is 18.5. The van der Waals surface area contributed by atoms with E-state index < -0.39 is 0 Å². The van der Waals surface area contributed by atoms with Crippen LogP contribution in [0.3, 0.4) is 0 Å². The molecule has 1 aliphatic carbocycles. The quantitative estimate of drug-likeness (QED) is 0.483. The predicted molar refractivity (Wildman–Crippen MR) is 132 cm³/mol. The molecule has 1 amide bonds. The largest absolute Gasteiger partial charge is 0.497 e. The van der Waals surface area contributed by atoms with Crippen LogP contribution in [0, 0.1) is 11.7 Å². The minimum absolute atomic E-state index is 0.158. The fourth-order valence-electron chi connectivity index (χ4n) is 5.54. The number of ether oxygens (including phenoxy) is 1. The second kappa shape index (κ2) is 9.79. The average molecular weight is 464 g/mol. The Morgan fingerprint density at radius 3 is 2.76 bits per heavy atom. The molecular formula is C28H34FN3O2. The second-order valence-corrected chi connectivity index (χ2v) is 9.72. The van der Waals surface area contributed by atoms with E-state index in [-0.39, 0.29) is 17.7 Å². The van der Waals surface area contributed by atoms with E-state index >= 15 is 0 Å². The molecule has 3 aromatic rings. The van der Waals surface area contributed by atoms with Gasteiger partial charge in [-0.1, -0.05) is 24.6 Å². The number of nitrogens with zero attached hydrogens (tertiary/aromatic N) is 2. The fraction of sp³-hybridized carbons (Fsp3) is 0.464. The van der Waals surface area contributed by atoms with Crippen molar-refractivity contribution in [3.8, 4) is 5.75 Å². The van der Waals surface area contributed by atoms with Crippen molar-refractivity contribution in [2.24, 2.45) is 5.92 Å². The number of rotatable bonds is 8. The molecule has 1 saturated carbocycles. The monoisotopic (exact) mass is 463 g/mol. The van der Waals surface area contributed by atoms with Gasteiger partial charge in [0.2, 0.25) is 5.91 Å². The number of methoxy groups -OCH3 is 1. The molecule has 2 aromatic carbocycles. The van der Waals surface area contributed by atoms with Crippen LogP contribution in [0.25, 0.3) is 10.9 Å². The number of halogens is 1. The average Bonchev–Trinajstić information content (AvgIpc) is 3.17. The predicted octanol–water partition coefficient (Wildman–Crippen LogP) is 5.45. The van der Waals surface area contributed by atoms with Crippen LogP contribution in [-0.4, -0.2) is 47.4 Å². The highest BCUT2D eigenvalue weighted by Crippen LogP contribution is 2.38. The standard InChI is InChI=1S/C28H34FN3O2/c1-3-32(28(33)19-8-6-9-19)14-13-21-17-31(16-20-7-4-5-10-24(20)29)18-26-27(21)23-12-11-22(34-2)15-25(23)30-26/h4-5,7,10-12,15,19,21,30H,3,6,8-9,13-14,16-18H2,1-2H3. The summed E-state index contributed by atoms with van der Waals surface area (Å²) in [5.74, 6) is 1.47. The second-order valence-electron chi connectivity index (χ2n) is 9.72. The first-order valence-electron chi connectivity index (χ1n) is 12.5. The third-order valence-corrected chi connectivity index (χ3v) is 7.64. The number of hydrogen-bond donors (Lipinski definition) is 1. The van der Waals surface area contributed by atoms with Crippen LogP contribution in [0.4, 0.5) is 4.39 Å². The summed E-state index contributed by atoms with van der Waals surface area (Å²) in [4.78, 5) is 20.9. The van der Waals surface area contributed by atoms with Gasteiger partial charge in [0.05, 0.1) is 7.11 Å². The molecule has 1 unspecified atom stereocenters. The summed E-state index contributed by atoms with van der Waals surface area (Å²) in [5.41, 5.74) is 4.32. The molecule has 0 radical (unpaired) electrons. The van der Waals surface area contributed by atoms with Crippen molar-refractivity contribution in [1.82, 2.24) is 14.8 Å². The van der Waals surface area contributed by atoms with Gasteiger partial charge < -0.3 is 14.6 Å². The third-order valence-electron chi connectivity index (χ3n) is 7.64. The minimum atomic E-state index is -0.158. The number of amides is 1. The molecule has 0 spiro atoms. The molecule has 5 rings (SSSR count). The van der Waals surface area contributed by atoms with Gasteiger partial charge in [0.15, 0.2) is 0 Å². The molecule has 0 saturated heterocycles. The maximum atomic E-state index is 14.4. The summed E-state index contributed by atoms with van der Waals surface area (Å²) in [7, 11) is 1.68. The first-order valence-corrected chi connectivity index (χ1v) is 12.5. The molecule has 6 heteroatoms. The van der Waals surface area contributed by atoms with E-state index in [9.17, 15) is 9.18 Å². The molecule has 34 heavy (non-hydrogen) atoms. The highest BCUT2D eigenvalue weighted by Gasteiger charge is 2.32. The van der Waals surface area contributed by atoms with Gasteiger partial charge in [-0.15, -0.1) is 0 Å². The summed E-state index contributed by atoms with van der Waals surface area (Å²) in [6.45, 7) is 5.74. The van der Waals surface area contributed by atoms with Gasteiger partial charge in [0, 0.05) is 72.8 Å². The van der Waals surface area contributed by atoms with Gasteiger partial charge in [-0.3, -0.25) is 9.69 Å². The Balaban J connectivity index is 1.42. The molecule has 2 aliphatic rings. The summed E-state index contributed by atoms with van der Waals surface area (Å²) in [6, 6.07) is 13.2. The molecule has 1 aliphatic heterocycles. The number of nitrogens with one attached hydrogen (secondary N) is 1. The molecule has 1 aromatic heterocycles. The number of carbonyl (C=O) groups is 1. The lowest BCUT2D eigenvalue weighted by Crippen LogP contribution is -2.41. The Morgan fingerprint density at radius 1 is 1.24 bits per heavy atom. The van der Waals surface area contributed by atoms with Gasteiger partial charge in [-0.2, -0.15) is 0 Å². The molecular weight excluding hydrogens is 429 g/mol. The van der Waals surface area contributed by atoms with Crippen LogP contribution in [0.1, 0.15) is 55.3 Å². The molecule has 1 atom stereocenters. The van der Waals surface area contributed by atoms with E-state index in [1.165, 1.54) is 29.1 Å². The van der Waals surface area contributed by atoms with Gasteiger partial charge in [-0.05, 0) is 49.9 Å². The van der Waals surface area contributed by atoms with E-state index in [1.54, 1.807) is 13.2 Å². The Kier molecular flexibility index (Phi) is 6.59. The van der Waals surface area contributed by atoms with E-state index in [0.29, 0.717) is 12.5 Å². The first kappa shape index (κ1) is 22.9. The number of H-pyrrole nitrogens is 1. The number of aromatic nitrogens is 1. The van der Waals surface area contributed by atoms with E-state index in [0.717, 1.165) is 62.3 Å². The lowest BCUT2D eigenvalue weighted by Gasteiger charge is -2.35. The summed E-state index contributed by atoms with van der Waals surface area (Å²) in [5, 5.41) is 1.22. The number of hydrogen-bond acceptors (Lipinski definition) is 3. The van der Waals surface area contributed by atoms with Crippen molar-refractivity contribution in [3.63, 3.8) is 0 Å². The highest BCUT2D eigenvalue weighted by atomic mass is 19.1. The van der Waals surface area contributed by atoms with Crippen molar-refractivity contribution in [2.75, 3.05) is 26.7 Å². The van der Waals surface area contributed by atoms with Crippen LogP contribution in [0.5, 0.6) is 5.75 Å². The molecule has 0 bridgehead atoms. The molecule has 5 nitrogen and oxygen atoms in total. The Labute approximate surface area is 200 Å². The maximum Gasteiger partial charge on any atom is 0.225 e. The number of aromatic amines is 1. The highest BCUT2D eigenvalue weighted by molar-refractivity contribution is 5.87. The smallest absolute Gasteiger partial charge is 0.225 e. The minimum Gasteiger partial charge on any atom is -0.497 e. The first-order chi connectivity index (χ1) is 16.6. The fourth-order valence-corrected chi connectivity index (χ4v) is 5.54. The van der Waals surface area contributed by atoms with Crippen molar-refractivity contribution in [1.29, 1.82) is 0 Å². The topological polar surface area (TPSA) is 48.6 Å². The SMILES string of the molecule is CCN(CCC1CN(Cc2ccccc2F)Cc2[nH]c3cc(OC)ccc3c21)C(=O)C1CCC1. The van der Waals surface area contributed by atoms with Gasteiger partial charge >= 0.3 is 0 Å². The van der Waals surface area contributed by atoms with Crippen LogP contribution in [0.2, 0.25) is 0 Å². The molecule has 2 heterocycles. The summed E-state index contributed by atoms with van der Waals surface area (Å²) < 4.78 is 19.8. The van der Waals surface area contributed by atoms with Crippen LogP contribution < -0.4 is 4.74 Å². The molecule has 180 valence electrons. The van der Waals surface area contributed by atoms with Crippen molar-refractivity contribution in [2.45, 2.75) is 51.6 Å². The van der Waals surface area contributed by atoms with Gasteiger partial charge in [0.25, 0.3) is 0 Å². The van der Waals surface area contributed by atoms with Crippen LogP contribution >= 0.6 is 0 Å².